The normalized spacial score (nSPS) is 26.9. The first kappa shape index (κ1) is 28.0. The monoisotopic (exact) mass is 651 g/mol. The van der Waals surface area contributed by atoms with E-state index in [-0.39, 0.29) is 49.1 Å². The number of aliphatic hydroxyl groups excluding tert-OH is 2. The Morgan fingerprint density at radius 2 is 1.57 bits per heavy atom. The third-order valence-corrected chi connectivity index (χ3v) is 8.37. The van der Waals surface area contributed by atoms with Crippen LogP contribution in [-0.2, 0) is 20.1 Å². The van der Waals surface area contributed by atoms with Gasteiger partial charge in [-0.25, -0.2) is 0 Å². The molecule has 0 amide bonds. The van der Waals surface area contributed by atoms with Gasteiger partial charge in [-0.2, -0.15) is 0 Å². The Labute approximate surface area is 224 Å². The molecule has 5 rings (SSSR count). The van der Waals surface area contributed by atoms with Crippen LogP contribution in [0.3, 0.4) is 0 Å². The number of fused-ring (bicyclic) bond motifs is 2. The van der Waals surface area contributed by atoms with Gasteiger partial charge in [-0.15, -0.1) is 35.9 Å². The first-order valence-electron chi connectivity index (χ1n) is 12.8. The van der Waals surface area contributed by atoms with Gasteiger partial charge in [-0.1, -0.05) is 58.4 Å². The van der Waals surface area contributed by atoms with Crippen LogP contribution < -0.4 is 0 Å². The maximum atomic E-state index is 10.7. The van der Waals surface area contributed by atoms with E-state index in [2.05, 4.69) is 69.9 Å². The molecule has 0 saturated heterocycles. The topological polar surface area (TPSA) is 53.4 Å². The van der Waals surface area contributed by atoms with Crippen molar-refractivity contribution < 1.29 is 30.3 Å². The van der Waals surface area contributed by atoms with Crippen LogP contribution >= 0.6 is 0 Å². The zero-order chi connectivity index (χ0) is 24.5. The molecule has 1 aromatic heterocycles. The fourth-order valence-corrected chi connectivity index (χ4v) is 5.94. The SMILES string of the molecule is CC1(C)CCCC2CCC(C)(C)C(O)C2C1O.Cc1cccc2nc(-c3[c-]cccc3)ccc12.[Ir]. The Morgan fingerprint density at radius 1 is 0.857 bits per heavy atom. The summed E-state index contributed by atoms with van der Waals surface area (Å²) in [6, 6.07) is 21.5. The number of aliphatic hydroxyl groups is 2. The predicted octanol–water partition coefficient (Wildman–Crippen LogP) is 6.98. The first-order valence-corrected chi connectivity index (χ1v) is 12.8. The third-order valence-electron chi connectivity index (χ3n) is 8.37. The number of benzene rings is 2. The smallest absolute Gasteiger partial charge is 0.0646 e. The minimum absolute atomic E-state index is 0. The quantitative estimate of drug-likeness (QED) is 0.280. The Kier molecular flexibility index (Phi) is 8.97. The minimum Gasteiger partial charge on any atom is -0.392 e. The Bertz CT molecular complexity index is 1110. The zero-order valence-electron chi connectivity index (χ0n) is 21.7. The molecule has 3 nitrogen and oxygen atoms in total. The molecular weight excluding hydrogens is 611 g/mol. The second kappa shape index (κ2) is 11.2. The molecule has 2 aromatic carbocycles. The summed E-state index contributed by atoms with van der Waals surface area (Å²) in [6.45, 7) is 10.7. The van der Waals surface area contributed by atoms with E-state index in [0.717, 1.165) is 29.6 Å². The van der Waals surface area contributed by atoms with E-state index >= 15 is 0 Å². The van der Waals surface area contributed by atoms with Crippen molar-refractivity contribution in [1.29, 1.82) is 0 Å². The maximum absolute atomic E-state index is 10.7. The van der Waals surface area contributed by atoms with Crippen LogP contribution in [0.15, 0.2) is 54.6 Å². The number of hydrogen-bond donors (Lipinski definition) is 2. The van der Waals surface area contributed by atoms with Crippen molar-refractivity contribution in [3.63, 3.8) is 0 Å². The average Bonchev–Trinajstić information content (AvgIpc) is 2.93. The van der Waals surface area contributed by atoms with Crippen molar-refractivity contribution in [3.05, 3.63) is 66.2 Å². The molecule has 2 saturated carbocycles. The first-order chi connectivity index (χ1) is 16.1. The molecule has 0 spiro atoms. The van der Waals surface area contributed by atoms with Crippen LogP contribution in [0.5, 0.6) is 0 Å². The Balaban J connectivity index is 0.000000190. The van der Waals surface area contributed by atoms with Gasteiger partial charge in [-0.05, 0) is 66.7 Å². The maximum Gasteiger partial charge on any atom is 0.0646 e. The molecule has 4 unspecified atom stereocenters. The molecule has 2 N–H and O–H groups in total. The number of rotatable bonds is 1. The number of aryl methyl sites for hydroxylation is 1. The molecule has 3 aromatic rings. The van der Waals surface area contributed by atoms with E-state index < -0.39 is 0 Å². The van der Waals surface area contributed by atoms with Gasteiger partial charge in [0.25, 0.3) is 0 Å². The van der Waals surface area contributed by atoms with Crippen LogP contribution in [0.2, 0.25) is 0 Å². The van der Waals surface area contributed by atoms with Crippen molar-refractivity contribution in [2.75, 3.05) is 0 Å². The molecular formula is C31H40IrNO2-. The van der Waals surface area contributed by atoms with Gasteiger partial charge in [0.2, 0.25) is 0 Å². The molecule has 2 aliphatic rings. The number of pyridine rings is 1. The predicted molar refractivity (Wildman–Crippen MR) is 140 cm³/mol. The molecule has 2 fully saturated rings. The second-order valence-corrected chi connectivity index (χ2v) is 11.7. The number of nitrogens with zero attached hydrogens (tertiary/aromatic N) is 1. The molecule has 2 aliphatic carbocycles. The van der Waals surface area contributed by atoms with Crippen molar-refractivity contribution in [2.45, 2.75) is 78.9 Å². The van der Waals surface area contributed by atoms with Crippen molar-refractivity contribution >= 4 is 10.9 Å². The van der Waals surface area contributed by atoms with Crippen molar-refractivity contribution in [1.82, 2.24) is 4.98 Å². The summed E-state index contributed by atoms with van der Waals surface area (Å²) in [4.78, 5) is 4.68. The largest absolute Gasteiger partial charge is 0.392 e. The molecule has 1 radical (unpaired) electrons. The third kappa shape index (κ3) is 6.05. The fourth-order valence-electron chi connectivity index (χ4n) is 5.94. The van der Waals surface area contributed by atoms with Crippen molar-refractivity contribution in [2.24, 2.45) is 22.7 Å². The van der Waals surface area contributed by atoms with E-state index in [4.69, 9.17) is 0 Å². The molecule has 4 heteroatoms. The number of aromatic nitrogens is 1. The van der Waals surface area contributed by atoms with Gasteiger partial charge < -0.3 is 10.2 Å². The minimum atomic E-state index is -0.357. The molecule has 191 valence electrons. The Hall–Kier alpha value is -1.58. The van der Waals surface area contributed by atoms with Gasteiger partial charge in [0.15, 0.2) is 0 Å². The summed E-state index contributed by atoms with van der Waals surface area (Å²) >= 11 is 0. The zero-order valence-corrected chi connectivity index (χ0v) is 24.1. The van der Waals surface area contributed by atoms with Gasteiger partial charge >= 0.3 is 0 Å². The van der Waals surface area contributed by atoms with E-state index in [1.807, 2.05) is 30.3 Å². The number of hydrogen-bond acceptors (Lipinski definition) is 3. The summed E-state index contributed by atoms with van der Waals surface area (Å²) in [7, 11) is 0. The summed E-state index contributed by atoms with van der Waals surface area (Å²) in [5, 5.41) is 22.5. The van der Waals surface area contributed by atoms with E-state index in [0.29, 0.717) is 5.92 Å². The summed E-state index contributed by atoms with van der Waals surface area (Å²) < 4.78 is 0. The summed E-state index contributed by atoms with van der Waals surface area (Å²) in [5.74, 6) is 0.603. The molecule has 0 bridgehead atoms. The molecule has 0 aliphatic heterocycles. The Morgan fingerprint density at radius 3 is 2.26 bits per heavy atom. The van der Waals surface area contributed by atoms with Crippen LogP contribution in [0.1, 0.15) is 65.4 Å². The van der Waals surface area contributed by atoms with Gasteiger partial charge in [-0.3, -0.25) is 4.98 Å². The van der Waals surface area contributed by atoms with Crippen LogP contribution in [-0.4, -0.2) is 27.4 Å². The van der Waals surface area contributed by atoms with Crippen LogP contribution in [0.25, 0.3) is 22.2 Å². The molecule has 4 atom stereocenters. The fraction of sp³-hybridized carbons (Fsp3) is 0.516. The summed E-state index contributed by atoms with van der Waals surface area (Å²) in [6.07, 6.45) is 4.99. The second-order valence-electron chi connectivity index (χ2n) is 11.7. The van der Waals surface area contributed by atoms with Gasteiger partial charge in [0, 0.05) is 31.4 Å². The van der Waals surface area contributed by atoms with Crippen LogP contribution in [0.4, 0.5) is 0 Å². The standard InChI is InChI=1S/C16H12N.C15H28O2.Ir/c1-12-6-5-9-16-14(12)10-11-15(17-16)13-7-3-2-4-8-13;1-14(2)8-5-6-10-7-9-15(3,4)13(17)11(10)12(14)16;/h2-7,9-11H,1H3;10-13,16-17H,5-9H2,1-4H3;/q-1;;. The van der Waals surface area contributed by atoms with Gasteiger partial charge in [0.05, 0.1) is 17.7 Å². The van der Waals surface area contributed by atoms with Gasteiger partial charge in [0.1, 0.15) is 0 Å². The van der Waals surface area contributed by atoms with Crippen molar-refractivity contribution in [3.8, 4) is 11.3 Å². The molecule has 1 heterocycles. The summed E-state index contributed by atoms with van der Waals surface area (Å²) in [5.41, 5.74) is 4.23. The van der Waals surface area contributed by atoms with E-state index in [1.165, 1.54) is 30.2 Å². The molecule has 35 heavy (non-hydrogen) atoms. The van der Waals surface area contributed by atoms with E-state index in [1.54, 1.807) is 0 Å². The van der Waals surface area contributed by atoms with Crippen LogP contribution in [0, 0.1) is 35.7 Å². The van der Waals surface area contributed by atoms with E-state index in [9.17, 15) is 10.2 Å². The average molecular weight is 651 g/mol.